The van der Waals surface area contributed by atoms with Gasteiger partial charge >= 0.3 is 0 Å². The first kappa shape index (κ1) is 25.1. The van der Waals surface area contributed by atoms with Crippen LogP contribution in [-0.4, -0.2) is 62.3 Å². The molecule has 0 radical (unpaired) electrons. The third kappa shape index (κ3) is 5.72. The second-order valence-corrected chi connectivity index (χ2v) is 8.92. The van der Waals surface area contributed by atoms with Gasteiger partial charge < -0.3 is 23.8 Å². The summed E-state index contributed by atoms with van der Waals surface area (Å²) in [6, 6.07) is 12.1. The number of ether oxygens (including phenoxy) is 4. The molecule has 0 saturated carbocycles. The largest absolute Gasteiger partial charge is 0.496 e. The summed E-state index contributed by atoms with van der Waals surface area (Å²) >= 11 is 0. The van der Waals surface area contributed by atoms with Crippen molar-refractivity contribution in [3.63, 3.8) is 0 Å². The minimum atomic E-state index is -0.993. The lowest BCUT2D eigenvalue weighted by atomic mass is 9.74. The molecule has 1 aromatic heterocycles. The average molecular weight is 457 g/mol. The summed E-state index contributed by atoms with van der Waals surface area (Å²) in [5, 5.41) is 0. The number of pyridine rings is 1. The molecule has 0 bridgehead atoms. The van der Waals surface area contributed by atoms with Crippen LogP contribution in [0.3, 0.4) is 0 Å². The van der Waals surface area contributed by atoms with E-state index in [9.17, 15) is 4.79 Å². The monoisotopic (exact) mass is 456 g/mol. The number of amides is 1. The van der Waals surface area contributed by atoms with Gasteiger partial charge in [0.15, 0.2) is 5.60 Å². The normalized spacial score (nSPS) is 20.2. The summed E-state index contributed by atoms with van der Waals surface area (Å²) in [7, 11) is 4.86. The van der Waals surface area contributed by atoms with Gasteiger partial charge in [0.05, 0.1) is 13.2 Å². The number of rotatable bonds is 13. The van der Waals surface area contributed by atoms with Crippen molar-refractivity contribution in [3.8, 4) is 5.75 Å². The lowest BCUT2D eigenvalue weighted by molar-refractivity contribution is -0.235. The first-order valence-electron chi connectivity index (χ1n) is 11.4. The molecule has 0 aliphatic carbocycles. The Kier molecular flexibility index (Phi) is 8.83. The molecule has 2 unspecified atom stereocenters. The molecule has 2 atom stereocenters. The van der Waals surface area contributed by atoms with E-state index in [1.54, 1.807) is 26.2 Å². The zero-order valence-electron chi connectivity index (χ0n) is 20.4. The maximum absolute atomic E-state index is 13.3. The van der Waals surface area contributed by atoms with E-state index in [-0.39, 0.29) is 25.5 Å². The number of nitrogens with zero attached hydrogens (tertiary/aromatic N) is 2. The van der Waals surface area contributed by atoms with Crippen molar-refractivity contribution in [2.75, 3.05) is 34.9 Å². The summed E-state index contributed by atoms with van der Waals surface area (Å²) in [4.78, 5) is 19.6. The topological polar surface area (TPSA) is 70.1 Å². The van der Waals surface area contributed by atoms with E-state index in [1.165, 1.54) is 5.56 Å². The molecule has 1 aliphatic heterocycles. The number of benzene rings is 1. The van der Waals surface area contributed by atoms with Gasteiger partial charge in [0.2, 0.25) is 0 Å². The van der Waals surface area contributed by atoms with Crippen LogP contribution in [0.5, 0.6) is 5.75 Å². The second-order valence-electron chi connectivity index (χ2n) is 8.92. The lowest BCUT2D eigenvalue weighted by Gasteiger charge is -2.55. The van der Waals surface area contributed by atoms with Crippen LogP contribution in [0.2, 0.25) is 0 Å². The molecule has 3 rings (SSSR count). The number of carbonyl (C=O) groups excluding carboxylic acids is 1. The molecule has 2 aromatic rings. The number of hydrogen-bond donors (Lipinski definition) is 0. The van der Waals surface area contributed by atoms with Crippen LogP contribution in [0.4, 0.5) is 0 Å². The minimum Gasteiger partial charge on any atom is -0.496 e. The minimum absolute atomic E-state index is 0.0502. The molecule has 0 spiro atoms. The van der Waals surface area contributed by atoms with E-state index in [1.807, 2.05) is 30.5 Å². The van der Waals surface area contributed by atoms with Crippen molar-refractivity contribution in [3.05, 3.63) is 59.4 Å². The number of β-lactam (4-membered cyclic amide) rings is 1. The molecular weight excluding hydrogens is 420 g/mol. The van der Waals surface area contributed by atoms with Crippen LogP contribution in [-0.2, 0) is 38.3 Å². The van der Waals surface area contributed by atoms with Gasteiger partial charge in [-0.1, -0.05) is 32.0 Å². The van der Waals surface area contributed by atoms with Gasteiger partial charge in [-0.3, -0.25) is 9.78 Å². The van der Waals surface area contributed by atoms with Crippen molar-refractivity contribution in [1.82, 2.24) is 9.88 Å². The zero-order chi connectivity index (χ0) is 23.8. The number of para-hydroxylation sites is 1. The predicted octanol–water partition coefficient (Wildman–Crippen LogP) is 3.64. The Bertz CT molecular complexity index is 919. The van der Waals surface area contributed by atoms with Crippen LogP contribution < -0.4 is 4.74 Å². The SMILES string of the molecule is COCOC1(Cc2cc(CCc3ccccc3OC)ccn2)C(=O)N(COC)C1CC(C)C. The average Bonchev–Trinajstić information content (AvgIpc) is 2.83. The van der Waals surface area contributed by atoms with E-state index in [4.69, 9.17) is 18.9 Å². The van der Waals surface area contributed by atoms with E-state index < -0.39 is 5.60 Å². The van der Waals surface area contributed by atoms with Crippen LogP contribution in [0.25, 0.3) is 0 Å². The Morgan fingerprint density at radius 3 is 2.58 bits per heavy atom. The second kappa shape index (κ2) is 11.6. The first-order chi connectivity index (χ1) is 15.9. The molecule has 1 saturated heterocycles. The van der Waals surface area contributed by atoms with Gasteiger partial charge in [0, 0.05) is 32.5 Å². The van der Waals surface area contributed by atoms with Gasteiger partial charge in [-0.05, 0) is 54.5 Å². The Balaban J connectivity index is 1.80. The standard InChI is InChI=1S/C26H36N2O5/c1-19(2)14-24-26(33-18-31-4,25(29)28(24)17-30-3)16-22-15-20(12-13-27-22)10-11-21-8-6-7-9-23(21)32-5/h6-9,12-13,15,19,24H,10-11,14,16-18H2,1-5H3. The lowest BCUT2D eigenvalue weighted by Crippen LogP contribution is -2.76. The van der Waals surface area contributed by atoms with E-state index in [0.29, 0.717) is 12.3 Å². The molecule has 1 aliphatic rings. The fourth-order valence-corrected chi connectivity index (χ4v) is 4.57. The zero-order valence-corrected chi connectivity index (χ0v) is 20.4. The molecule has 1 amide bonds. The van der Waals surface area contributed by atoms with Gasteiger partial charge in [0.25, 0.3) is 5.91 Å². The molecule has 1 fully saturated rings. The molecular formula is C26H36N2O5. The predicted molar refractivity (Wildman–Crippen MR) is 126 cm³/mol. The van der Waals surface area contributed by atoms with Gasteiger partial charge in [-0.15, -0.1) is 0 Å². The molecule has 7 heteroatoms. The van der Waals surface area contributed by atoms with Crippen LogP contribution >= 0.6 is 0 Å². The van der Waals surface area contributed by atoms with Crippen molar-refractivity contribution in [1.29, 1.82) is 0 Å². The third-order valence-corrected chi connectivity index (χ3v) is 6.13. The van der Waals surface area contributed by atoms with Crippen molar-refractivity contribution < 1.29 is 23.7 Å². The Morgan fingerprint density at radius 1 is 1.09 bits per heavy atom. The summed E-state index contributed by atoms with van der Waals surface area (Å²) < 4.78 is 22.0. The number of aromatic nitrogens is 1. The smallest absolute Gasteiger partial charge is 0.259 e. The maximum atomic E-state index is 13.3. The summed E-state index contributed by atoms with van der Waals surface area (Å²) in [6.07, 6.45) is 4.72. The first-order valence-corrected chi connectivity index (χ1v) is 11.4. The number of methoxy groups -OCH3 is 3. The van der Waals surface area contributed by atoms with Crippen LogP contribution in [0.1, 0.15) is 37.1 Å². The maximum Gasteiger partial charge on any atom is 0.259 e. The van der Waals surface area contributed by atoms with E-state index >= 15 is 0 Å². The highest BCUT2D eigenvalue weighted by atomic mass is 16.7. The van der Waals surface area contributed by atoms with Crippen molar-refractivity contribution in [2.45, 2.75) is 51.2 Å². The highest BCUT2D eigenvalue weighted by Crippen LogP contribution is 2.40. The Morgan fingerprint density at radius 2 is 1.88 bits per heavy atom. The third-order valence-electron chi connectivity index (χ3n) is 6.13. The number of hydrogen-bond acceptors (Lipinski definition) is 6. The van der Waals surface area contributed by atoms with E-state index in [2.05, 4.69) is 31.0 Å². The Hall–Kier alpha value is -2.48. The van der Waals surface area contributed by atoms with Crippen molar-refractivity contribution in [2.24, 2.45) is 5.92 Å². The Labute approximate surface area is 197 Å². The molecule has 0 N–H and O–H groups in total. The quantitative estimate of drug-likeness (QED) is 0.339. The van der Waals surface area contributed by atoms with Gasteiger partial charge in [-0.25, -0.2) is 0 Å². The number of likely N-dealkylation sites (tertiary alicyclic amines) is 1. The van der Waals surface area contributed by atoms with Crippen molar-refractivity contribution >= 4 is 5.91 Å². The highest BCUT2D eigenvalue weighted by molar-refractivity contribution is 5.93. The fourth-order valence-electron chi connectivity index (χ4n) is 4.57. The van der Waals surface area contributed by atoms with Crippen LogP contribution in [0.15, 0.2) is 42.6 Å². The molecule has 180 valence electrons. The van der Waals surface area contributed by atoms with Crippen LogP contribution in [0, 0.1) is 5.92 Å². The van der Waals surface area contributed by atoms with Gasteiger partial charge in [-0.2, -0.15) is 0 Å². The molecule has 33 heavy (non-hydrogen) atoms. The van der Waals surface area contributed by atoms with Gasteiger partial charge in [0.1, 0.15) is 19.3 Å². The summed E-state index contributed by atoms with van der Waals surface area (Å²) in [5.41, 5.74) is 2.17. The number of aryl methyl sites for hydroxylation is 2. The van der Waals surface area contributed by atoms with E-state index in [0.717, 1.165) is 36.3 Å². The highest BCUT2D eigenvalue weighted by Gasteiger charge is 2.61. The number of carbonyl (C=O) groups is 1. The molecule has 7 nitrogen and oxygen atoms in total. The summed E-state index contributed by atoms with van der Waals surface area (Å²) in [6.45, 7) is 4.59. The molecule has 1 aromatic carbocycles. The fraction of sp³-hybridized carbons (Fsp3) is 0.538. The summed E-state index contributed by atoms with van der Waals surface area (Å²) in [5.74, 6) is 1.22. The molecule has 2 heterocycles.